The summed E-state index contributed by atoms with van der Waals surface area (Å²) in [5.41, 5.74) is 2.61. The van der Waals surface area contributed by atoms with Crippen molar-refractivity contribution in [1.29, 1.82) is 0 Å². The van der Waals surface area contributed by atoms with E-state index in [0.29, 0.717) is 28.4 Å². The first-order valence-electron chi connectivity index (χ1n) is 12.0. The van der Waals surface area contributed by atoms with Crippen LogP contribution < -0.4 is 20.7 Å². The minimum Gasteiger partial charge on any atom is -0.493 e. The van der Waals surface area contributed by atoms with Gasteiger partial charge in [0, 0.05) is 16.5 Å². The molecule has 2 heterocycles. The number of nitrogens with zero attached hydrogens (tertiary/aromatic N) is 4. The maximum Gasteiger partial charge on any atom is 0.336 e. The highest BCUT2D eigenvalue weighted by Gasteiger charge is 2.18. The van der Waals surface area contributed by atoms with Crippen molar-refractivity contribution in [3.8, 4) is 39.9 Å². The van der Waals surface area contributed by atoms with Gasteiger partial charge in [0.25, 0.3) is 11.4 Å². The molecule has 0 fully saturated rings. The summed E-state index contributed by atoms with van der Waals surface area (Å²) in [6, 6.07) is 22.0. The number of benzene rings is 3. The van der Waals surface area contributed by atoms with Crippen LogP contribution in [-0.2, 0) is 6.54 Å². The zero-order valence-corrected chi connectivity index (χ0v) is 22.7. The van der Waals surface area contributed by atoms with Crippen molar-refractivity contribution < 1.29 is 14.0 Å². The third-order valence-electron chi connectivity index (χ3n) is 6.27. The fourth-order valence-electron chi connectivity index (χ4n) is 4.19. The molecule has 0 atom stereocenters. The van der Waals surface area contributed by atoms with E-state index in [1.165, 1.54) is 17.7 Å². The molecule has 0 radical (unpaired) electrons. The summed E-state index contributed by atoms with van der Waals surface area (Å²) in [5.74, 6) is 1.48. The molecule has 0 amide bonds. The number of methoxy groups -OCH3 is 2. The van der Waals surface area contributed by atoms with Gasteiger partial charge in [-0.3, -0.25) is 13.9 Å². The van der Waals surface area contributed by atoms with Gasteiger partial charge in [-0.25, -0.2) is 4.79 Å². The van der Waals surface area contributed by atoms with Gasteiger partial charge in [-0.1, -0.05) is 35.0 Å². The van der Waals surface area contributed by atoms with Crippen LogP contribution >= 0.6 is 11.8 Å². The molecule has 5 rings (SSSR count). The van der Waals surface area contributed by atoms with E-state index in [1.54, 1.807) is 37.1 Å². The van der Waals surface area contributed by atoms with Crippen LogP contribution in [-0.4, -0.2) is 39.8 Å². The van der Waals surface area contributed by atoms with Gasteiger partial charge in [0.05, 0.1) is 32.1 Å². The van der Waals surface area contributed by atoms with Crippen molar-refractivity contribution in [3.63, 3.8) is 0 Å². The first-order valence-corrected chi connectivity index (χ1v) is 13.3. The second-order valence-electron chi connectivity index (χ2n) is 8.72. The summed E-state index contributed by atoms with van der Waals surface area (Å²) in [6.45, 7) is 1.82. The smallest absolute Gasteiger partial charge is 0.336 e. The Hall–Kier alpha value is -4.57. The van der Waals surface area contributed by atoms with Crippen LogP contribution in [0.2, 0.25) is 0 Å². The van der Waals surface area contributed by atoms with Gasteiger partial charge in [0.2, 0.25) is 0 Å². The van der Waals surface area contributed by atoms with Gasteiger partial charge in [-0.2, -0.15) is 4.98 Å². The molecule has 10 heteroatoms. The number of hydrogen-bond donors (Lipinski definition) is 0. The van der Waals surface area contributed by atoms with Gasteiger partial charge in [-0.05, 0) is 61.2 Å². The normalized spacial score (nSPS) is 11.0. The Kier molecular flexibility index (Phi) is 7.38. The Balaban J connectivity index is 1.58. The standard InChI is InChI=1S/C29H26N4O5S/c1-18-5-7-19(8-6-18)23-16-27(34)32(29(35)33(23)21-10-12-22(39-4)13-11-21)17-26-30-28(38-31-26)20-9-14-24(36-2)25(15-20)37-3/h5-16H,17H2,1-4H3. The van der Waals surface area contributed by atoms with Crippen LogP contribution in [0.4, 0.5) is 0 Å². The second kappa shape index (κ2) is 11.0. The molecule has 0 aliphatic rings. The molecular formula is C29H26N4O5S. The second-order valence-corrected chi connectivity index (χ2v) is 9.60. The van der Waals surface area contributed by atoms with Crippen LogP contribution in [0.1, 0.15) is 11.4 Å². The average Bonchev–Trinajstić information content (AvgIpc) is 3.44. The van der Waals surface area contributed by atoms with E-state index in [0.717, 1.165) is 20.6 Å². The molecule has 0 bridgehead atoms. The van der Waals surface area contributed by atoms with E-state index in [4.69, 9.17) is 14.0 Å². The van der Waals surface area contributed by atoms with Crippen molar-refractivity contribution in [2.24, 2.45) is 0 Å². The van der Waals surface area contributed by atoms with Crippen molar-refractivity contribution in [2.45, 2.75) is 18.4 Å². The number of rotatable bonds is 8. The monoisotopic (exact) mass is 542 g/mol. The minimum atomic E-state index is -0.507. The van der Waals surface area contributed by atoms with E-state index >= 15 is 0 Å². The number of aryl methyl sites for hydroxylation is 1. The summed E-state index contributed by atoms with van der Waals surface area (Å²) in [5, 5.41) is 4.01. The van der Waals surface area contributed by atoms with Crippen LogP contribution in [0.15, 0.2) is 91.8 Å². The van der Waals surface area contributed by atoms with Crippen molar-refractivity contribution in [1.82, 2.24) is 19.3 Å². The highest BCUT2D eigenvalue weighted by molar-refractivity contribution is 7.98. The summed E-state index contributed by atoms with van der Waals surface area (Å²) < 4.78 is 18.7. The predicted molar refractivity (Wildman–Crippen MR) is 150 cm³/mol. The fourth-order valence-corrected chi connectivity index (χ4v) is 4.59. The highest BCUT2D eigenvalue weighted by atomic mass is 32.2. The predicted octanol–water partition coefficient (Wildman–Crippen LogP) is 4.81. The topological polar surface area (TPSA) is 101 Å². The molecule has 0 unspecified atom stereocenters. The Labute approximate surface area is 228 Å². The zero-order valence-electron chi connectivity index (χ0n) is 21.9. The van der Waals surface area contributed by atoms with Gasteiger partial charge in [0.1, 0.15) is 0 Å². The van der Waals surface area contributed by atoms with E-state index in [2.05, 4.69) is 10.1 Å². The molecule has 0 spiro atoms. The summed E-state index contributed by atoms with van der Waals surface area (Å²) in [6.07, 6.45) is 1.99. The average molecular weight is 543 g/mol. The highest BCUT2D eigenvalue weighted by Crippen LogP contribution is 2.31. The van der Waals surface area contributed by atoms with Gasteiger partial charge in [-0.15, -0.1) is 11.8 Å². The number of ether oxygens (including phenoxy) is 2. The Morgan fingerprint density at radius 1 is 0.872 bits per heavy atom. The van der Waals surface area contributed by atoms with Gasteiger partial charge in [0.15, 0.2) is 17.3 Å². The zero-order chi connectivity index (χ0) is 27.5. The molecule has 2 aromatic heterocycles. The molecule has 3 aromatic carbocycles. The molecular weight excluding hydrogens is 516 g/mol. The summed E-state index contributed by atoms with van der Waals surface area (Å²) in [7, 11) is 3.08. The minimum absolute atomic E-state index is 0.161. The van der Waals surface area contributed by atoms with Crippen molar-refractivity contribution >= 4 is 11.8 Å². The van der Waals surface area contributed by atoms with Crippen molar-refractivity contribution in [2.75, 3.05) is 20.5 Å². The molecule has 9 nitrogen and oxygen atoms in total. The van der Waals surface area contributed by atoms with E-state index in [9.17, 15) is 9.59 Å². The maximum atomic E-state index is 13.8. The van der Waals surface area contributed by atoms with Gasteiger partial charge < -0.3 is 14.0 Å². The van der Waals surface area contributed by atoms with Crippen molar-refractivity contribution in [3.05, 3.63) is 105 Å². The van der Waals surface area contributed by atoms with E-state index in [1.807, 2.05) is 61.7 Å². The first kappa shape index (κ1) is 26.1. The third kappa shape index (κ3) is 5.23. The lowest BCUT2D eigenvalue weighted by atomic mass is 10.1. The SMILES string of the molecule is COc1ccc(-c2nc(Cn3c(=O)cc(-c4ccc(C)cc4)n(-c4ccc(SC)cc4)c3=O)no2)cc1OC. The van der Waals surface area contributed by atoms with E-state index in [-0.39, 0.29) is 18.3 Å². The number of hydrogen-bond acceptors (Lipinski definition) is 8. The third-order valence-corrected chi connectivity index (χ3v) is 7.01. The summed E-state index contributed by atoms with van der Waals surface area (Å²) in [4.78, 5) is 32.6. The Morgan fingerprint density at radius 3 is 2.23 bits per heavy atom. The van der Waals surface area contributed by atoms with Crippen LogP contribution in [0.3, 0.4) is 0 Å². The molecule has 0 saturated heterocycles. The quantitative estimate of drug-likeness (QED) is 0.258. The fraction of sp³-hybridized carbons (Fsp3) is 0.172. The Morgan fingerprint density at radius 2 is 1.56 bits per heavy atom. The molecule has 39 heavy (non-hydrogen) atoms. The van der Waals surface area contributed by atoms with E-state index < -0.39 is 11.2 Å². The summed E-state index contributed by atoms with van der Waals surface area (Å²) >= 11 is 1.61. The molecule has 0 aliphatic carbocycles. The maximum absolute atomic E-state index is 13.8. The molecule has 5 aromatic rings. The first-order chi connectivity index (χ1) is 18.9. The Bertz CT molecular complexity index is 1740. The molecule has 198 valence electrons. The van der Waals surface area contributed by atoms with Crippen LogP contribution in [0.5, 0.6) is 11.5 Å². The lowest BCUT2D eigenvalue weighted by Crippen LogP contribution is -2.40. The van der Waals surface area contributed by atoms with Gasteiger partial charge >= 0.3 is 5.69 Å². The lowest BCUT2D eigenvalue weighted by Gasteiger charge is -2.16. The lowest BCUT2D eigenvalue weighted by molar-refractivity contribution is 0.355. The molecule has 0 aliphatic heterocycles. The van der Waals surface area contributed by atoms with Crippen LogP contribution in [0.25, 0.3) is 28.4 Å². The molecule has 0 saturated carbocycles. The number of thioether (sulfide) groups is 1. The van der Waals surface area contributed by atoms with Crippen LogP contribution in [0, 0.1) is 6.92 Å². The molecule has 0 N–H and O–H groups in total. The largest absolute Gasteiger partial charge is 0.493 e. The number of aromatic nitrogens is 4.